The van der Waals surface area contributed by atoms with Crippen molar-refractivity contribution in [2.75, 3.05) is 43.7 Å². The predicted molar refractivity (Wildman–Crippen MR) is 130 cm³/mol. The number of hydrogen-bond donors (Lipinski definition) is 3. The largest absolute Gasteiger partial charge is 0.497 e. The Morgan fingerprint density at radius 1 is 1.21 bits per heavy atom. The van der Waals surface area contributed by atoms with Crippen LogP contribution in [0.4, 0.5) is 21.9 Å². The van der Waals surface area contributed by atoms with Gasteiger partial charge in [-0.3, -0.25) is 4.79 Å². The van der Waals surface area contributed by atoms with Crippen LogP contribution in [-0.2, 0) is 6.42 Å². The third-order valence-corrected chi connectivity index (χ3v) is 6.74. The number of methoxy groups -OCH3 is 1. The van der Waals surface area contributed by atoms with E-state index < -0.39 is 11.9 Å². The van der Waals surface area contributed by atoms with Gasteiger partial charge in [-0.2, -0.15) is 0 Å². The first-order valence-electron chi connectivity index (χ1n) is 10.4. The van der Waals surface area contributed by atoms with Gasteiger partial charge in [0, 0.05) is 49.7 Å². The molecule has 0 fully saturated rings. The lowest BCUT2D eigenvalue weighted by atomic mass is 9.95. The molecule has 5 N–H and O–H groups in total. The molecule has 1 atom stereocenters. The molecule has 3 aromatic rings. The standard InChI is InChI=1S/C23H26N6O3S/c1-28(2)14-6-9-17(24)16(12-14)19-20-18(27-22(33-20)21(25)30)10-11-29(19)23(31)26-13-4-7-15(32-3)8-5-13/h4-9,12,19H,10-11,24H2,1-3H3,(H2,25,30)(H,26,31). The van der Waals surface area contributed by atoms with Gasteiger partial charge in [0.25, 0.3) is 5.91 Å². The average molecular weight is 467 g/mol. The SMILES string of the molecule is COc1ccc(NC(=O)N2CCc3nc(C(N)=O)sc3C2c2cc(N(C)C)ccc2N)cc1. The maximum absolute atomic E-state index is 13.4. The van der Waals surface area contributed by atoms with Crippen molar-refractivity contribution in [3.05, 3.63) is 63.6 Å². The zero-order chi connectivity index (χ0) is 23.7. The van der Waals surface area contributed by atoms with E-state index in [1.807, 2.05) is 37.2 Å². The fraction of sp³-hybridized carbons (Fsp3) is 0.261. The highest BCUT2D eigenvalue weighted by atomic mass is 32.1. The van der Waals surface area contributed by atoms with Gasteiger partial charge in [-0.05, 0) is 42.5 Å². The van der Waals surface area contributed by atoms with Crippen molar-refractivity contribution in [3.8, 4) is 5.75 Å². The second kappa shape index (κ2) is 8.99. The quantitative estimate of drug-likeness (QED) is 0.496. The van der Waals surface area contributed by atoms with Crippen LogP contribution in [0.1, 0.15) is 32.0 Å². The number of amides is 3. The van der Waals surface area contributed by atoms with E-state index in [0.717, 1.165) is 21.8 Å². The zero-order valence-corrected chi connectivity index (χ0v) is 19.5. The maximum atomic E-state index is 13.4. The Hall–Kier alpha value is -3.79. The fourth-order valence-electron chi connectivity index (χ4n) is 3.83. The number of urea groups is 1. The van der Waals surface area contributed by atoms with Crippen LogP contribution in [0, 0.1) is 0 Å². The third kappa shape index (κ3) is 4.42. The minimum atomic E-state index is -0.586. The first kappa shape index (κ1) is 22.4. The normalized spacial score (nSPS) is 15.0. The van der Waals surface area contributed by atoms with Crippen molar-refractivity contribution in [1.29, 1.82) is 0 Å². The number of nitrogens with one attached hydrogen (secondary N) is 1. The highest BCUT2D eigenvalue weighted by molar-refractivity contribution is 7.13. The number of fused-ring (bicyclic) bond motifs is 1. The number of rotatable bonds is 5. The Morgan fingerprint density at radius 3 is 2.58 bits per heavy atom. The first-order chi connectivity index (χ1) is 15.8. The van der Waals surface area contributed by atoms with Gasteiger partial charge in [0.1, 0.15) is 5.75 Å². The molecule has 2 heterocycles. The number of anilines is 3. The molecule has 4 rings (SSSR count). The molecule has 0 bridgehead atoms. The van der Waals surface area contributed by atoms with E-state index in [2.05, 4.69) is 10.3 Å². The molecule has 0 radical (unpaired) electrons. The van der Waals surface area contributed by atoms with E-state index in [4.69, 9.17) is 16.2 Å². The first-order valence-corrected chi connectivity index (χ1v) is 11.2. The number of benzene rings is 2. The number of aromatic nitrogens is 1. The minimum absolute atomic E-state index is 0.227. The fourth-order valence-corrected chi connectivity index (χ4v) is 4.93. The number of nitrogens with zero attached hydrogens (tertiary/aromatic N) is 3. The number of nitrogen functional groups attached to an aromatic ring is 1. The topological polar surface area (TPSA) is 127 Å². The van der Waals surface area contributed by atoms with E-state index in [9.17, 15) is 9.59 Å². The van der Waals surface area contributed by atoms with E-state index >= 15 is 0 Å². The summed E-state index contributed by atoms with van der Waals surface area (Å²) >= 11 is 1.21. The predicted octanol–water partition coefficient (Wildman–Crippen LogP) is 3.08. The van der Waals surface area contributed by atoms with E-state index in [-0.39, 0.29) is 11.0 Å². The van der Waals surface area contributed by atoms with Crippen LogP contribution in [0.3, 0.4) is 0 Å². The van der Waals surface area contributed by atoms with Crippen molar-refractivity contribution in [2.24, 2.45) is 5.73 Å². The number of hydrogen-bond acceptors (Lipinski definition) is 7. The Bertz CT molecular complexity index is 1190. The molecule has 1 aromatic heterocycles. The van der Waals surface area contributed by atoms with Gasteiger partial charge in [0.05, 0.1) is 23.7 Å². The summed E-state index contributed by atoms with van der Waals surface area (Å²) in [7, 11) is 5.46. The van der Waals surface area contributed by atoms with E-state index in [0.29, 0.717) is 30.1 Å². The van der Waals surface area contributed by atoms with Gasteiger partial charge in [0.15, 0.2) is 5.01 Å². The summed E-state index contributed by atoms with van der Waals surface area (Å²) in [6, 6.07) is 12.1. The van der Waals surface area contributed by atoms with Gasteiger partial charge >= 0.3 is 6.03 Å². The molecule has 33 heavy (non-hydrogen) atoms. The second-order valence-electron chi connectivity index (χ2n) is 7.91. The van der Waals surface area contributed by atoms with Gasteiger partial charge in [0.2, 0.25) is 0 Å². The van der Waals surface area contributed by atoms with E-state index in [1.165, 1.54) is 11.3 Å². The molecule has 1 aliphatic rings. The van der Waals surface area contributed by atoms with Crippen LogP contribution in [0.2, 0.25) is 0 Å². The summed E-state index contributed by atoms with van der Waals surface area (Å²) in [5.41, 5.74) is 15.6. The number of thiazole rings is 1. The lowest BCUT2D eigenvalue weighted by Crippen LogP contribution is -2.42. The van der Waals surface area contributed by atoms with Crippen LogP contribution < -0.4 is 26.4 Å². The van der Waals surface area contributed by atoms with Gasteiger partial charge in [-0.25, -0.2) is 9.78 Å². The lowest BCUT2D eigenvalue weighted by Gasteiger charge is -2.36. The molecule has 0 saturated heterocycles. The van der Waals surface area contributed by atoms with Gasteiger partial charge in [-0.15, -0.1) is 11.3 Å². The molecule has 2 aromatic carbocycles. The molecule has 172 valence electrons. The van der Waals surface area contributed by atoms with Crippen molar-refractivity contribution < 1.29 is 14.3 Å². The maximum Gasteiger partial charge on any atom is 0.322 e. The molecule has 0 aliphatic carbocycles. The minimum Gasteiger partial charge on any atom is -0.497 e. The van der Waals surface area contributed by atoms with Crippen LogP contribution in [0.25, 0.3) is 0 Å². The smallest absolute Gasteiger partial charge is 0.322 e. The number of nitrogens with two attached hydrogens (primary N) is 2. The highest BCUT2D eigenvalue weighted by Gasteiger charge is 2.36. The summed E-state index contributed by atoms with van der Waals surface area (Å²) in [6.07, 6.45) is 0.513. The number of ether oxygens (including phenoxy) is 1. The monoisotopic (exact) mass is 466 g/mol. The summed E-state index contributed by atoms with van der Waals surface area (Å²) < 4.78 is 5.19. The highest BCUT2D eigenvalue weighted by Crippen LogP contribution is 2.42. The van der Waals surface area contributed by atoms with Crippen molar-refractivity contribution in [1.82, 2.24) is 9.88 Å². The van der Waals surface area contributed by atoms with Crippen LogP contribution >= 0.6 is 11.3 Å². The Labute approximate surface area is 196 Å². The molecule has 1 aliphatic heterocycles. The Morgan fingerprint density at radius 2 is 1.94 bits per heavy atom. The number of carbonyl (C=O) groups is 2. The molecule has 3 amide bonds. The number of carbonyl (C=O) groups excluding carboxylic acids is 2. The van der Waals surface area contributed by atoms with Crippen LogP contribution in [0.15, 0.2) is 42.5 Å². The molecule has 10 heteroatoms. The Kier molecular flexibility index (Phi) is 6.10. The summed E-state index contributed by atoms with van der Waals surface area (Å²) in [5, 5.41) is 3.18. The summed E-state index contributed by atoms with van der Waals surface area (Å²) in [5.74, 6) is 0.114. The Balaban J connectivity index is 1.76. The van der Waals surface area contributed by atoms with Gasteiger partial charge < -0.3 is 31.3 Å². The number of primary amides is 1. The molecule has 0 saturated carbocycles. The van der Waals surface area contributed by atoms with E-state index in [1.54, 1.807) is 36.3 Å². The summed E-state index contributed by atoms with van der Waals surface area (Å²) in [6.45, 7) is 0.410. The van der Waals surface area contributed by atoms with Gasteiger partial charge in [-0.1, -0.05) is 0 Å². The molecular formula is C23H26N6O3S. The van der Waals surface area contributed by atoms with Crippen molar-refractivity contribution >= 4 is 40.3 Å². The zero-order valence-electron chi connectivity index (χ0n) is 18.7. The van der Waals surface area contributed by atoms with Crippen molar-refractivity contribution in [3.63, 3.8) is 0 Å². The lowest BCUT2D eigenvalue weighted by molar-refractivity contribution is 0.0999. The van der Waals surface area contributed by atoms with Crippen LogP contribution in [0.5, 0.6) is 5.75 Å². The summed E-state index contributed by atoms with van der Waals surface area (Å²) in [4.78, 5) is 34.1. The van der Waals surface area contributed by atoms with Crippen LogP contribution in [-0.4, -0.2) is 49.6 Å². The average Bonchev–Trinajstić information content (AvgIpc) is 3.24. The van der Waals surface area contributed by atoms with Crippen molar-refractivity contribution in [2.45, 2.75) is 12.5 Å². The third-order valence-electron chi connectivity index (χ3n) is 5.57. The molecular weight excluding hydrogens is 440 g/mol. The molecule has 1 unspecified atom stereocenters. The second-order valence-corrected chi connectivity index (χ2v) is 8.94. The molecule has 9 nitrogen and oxygen atoms in total. The molecule has 0 spiro atoms.